The van der Waals surface area contributed by atoms with Gasteiger partial charge in [-0.25, -0.2) is 9.97 Å². The van der Waals surface area contributed by atoms with Crippen molar-refractivity contribution >= 4 is 11.7 Å². The molecule has 3 aliphatic rings. The van der Waals surface area contributed by atoms with Gasteiger partial charge in [-0.3, -0.25) is 4.79 Å². The highest BCUT2D eigenvalue weighted by Gasteiger charge is 2.32. The number of amides is 1. The molecule has 0 bridgehead atoms. The molecule has 0 radical (unpaired) electrons. The summed E-state index contributed by atoms with van der Waals surface area (Å²) in [6, 6.07) is 0. The van der Waals surface area contributed by atoms with Gasteiger partial charge in [0.15, 0.2) is 0 Å². The van der Waals surface area contributed by atoms with Gasteiger partial charge in [-0.15, -0.1) is 0 Å². The zero-order valence-corrected chi connectivity index (χ0v) is 14.2. The Kier molecular flexibility index (Phi) is 4.65. The van der Waals surface area contributed by atoms with E-state index in [9.17, 15) is 4.79 Å². The summed E-state index contributed by atoms with van der Waals surface area (Å²) < 4.78 is 5.37. The summed E-state index contributed by atoms with van der Waals surface area (Å²) in [5.41, 5.74) is 2.54. The van der Waals surface area contributed by atoms with Crippen molar-refractivity contribution in [2.75, 3.05) is 44.3 Å². The molecule has 0 aromatic carbocycles. The van der Waals surface area contributed by atoms with Gasteiger partial charge >= 0.3 is 0 Å². The molecular weight excluding hydrogens is 304 g/mol. The minimum absolute atomic E-state index is 0.0889. The zero-order chi connectivity index (χ0) is 16.4. The smallest absolute Gasteiger partial charge is 0.227 e. The highest BCUT2D eigenvalue weighted by Crippen LogP contribution is 2.30. The Morgan fingerprint density at radius 2 is 1.92 bits per heavy atom. The number of fused-ring (bicyclic) bond motifs is 1. The molecule has 1 amide bonds. The summed E-state index contributed by atoms with van der Waals surface area (Å²) in [5, 5.41) is 0. The lowest BCUT2D eigenvalue weighted by Gasteiger charge is -2.37. The Bertz CT molecular complexity index is 601. The number of hydrogen-bond acceptors (Lipinski definition) is 5. The minimum atomic E-state index is 0.0889. The fourth-order valence-electron chi connectivity index (χ4n) is 4.19. The molecule has 2 saturated heterocycles. The molecule has 4 rings (SSSR count). The van der Waals surface area contributed by atoms with Crippen LogP contribution in [-0.4, -0.2) is 60.2 Å². The third kappa shape index (κ3) is 3.11. The Balaban J connectivity index is 1.50. The number of hydrogen-bond donors (Lipinski definition) is 0. The molecule has 3 heterocycles. The lowest BCUT2D eigenvalue weighted by Crippen LogP contribution is -2.48. The first-order valence-corrected chi connectivity index (χ1v) is 9.27. The van der Waals surface area contributed by atoms with Crippen LogP contribution in [0.4, 0.5) is 5.82 Å². The lowest BCUT2D eigenvalue weighted by atomic mass is 9.93. The third-order valence-electron chi connectivity index (χ3n) is 5.50. The normalized spacial score (nSPS) is 24.6. The largest absolute Gasteiger partial charge is 0.378 e. The molecule has 24 heavy (non-hydrogen) atoms. The van der Waals surface area contributed by atoms with Gasteiger partial charge in [0.05, 0.1) is 19.1 Å². The number of anilines is 1. The molecule has 0 spiro atoms. The fraction of sp³-hybridized carbons (Fsp3) is 0.722. The maximum atomic E-state index is 12.8. The Morgan fingerprint density at radius 3 is 2.79 bits per heavy atom. The molecule has 1 aromatic rings. The van der Waals surface area contributed by atoms with Crippen molar-refractivity contribution in [3.8, 4) is 0 Å². The van der Waals surface area contributed by atoms with Crippen molar-refractivity contribution in [3.63, 3.8) is 0 Å². The summed E-state index contributed by atoms with van der Waals surface area (Å²) in [5.74, 6) is 1.47. The van der Waals surface area contributed by atoms with E-state index in [-0.39, 0.29) is 5.92 Å². The summed E-state index contributed by atoms with van der Waals surface area (Å²) in [4.78, 5) is 26.2. The maximum absolute atomic E-state index is 12.8. The van der Waals surface area contributed by atoms with Crippen LogP contribution in [0.1, 0.15) is 36.9 Å². The molecule has 1 aliphatic carbocycles. The number of morpholine rings is 1. The van der Waals surface area contributed by atoms with Crippen LogP contribution in [0.5, 0.6) is 0 Å². The number of nitrogens with zero attached hydrogens (tertiary/aromatic N) is 4. The molecule has 0 N–H and O–H groups in total. The first-order chi connectivity index (χ1) is 11.8. The van der Waals surface area contributed by atoms with Crippen molar-refractivity contribution in [2.45, 2.75) is 38.5 Å². The summed E-state index contributed by atoms with van der Waals surface area (Å²) in [6.45, 7) is 4.59. The van der Waals surface area contributed by atoms with Gasteiger partial charge in [0, 0.05) is 37.4 Å². The van der Waals surface area contributed by atoms with E-state index in [2.05, 4.69) is 14.9 Å². The van der Waals surface area contributed by atoms with Gasteiger partial charge in [-0.1, -0.05) is 0 Å². The van der Waals surface area contributed by atoms with E-state index in [0.717, 1.165) is 57.7 Å². The first kappa shape index (κ1) is 15.8. The number of aromatic nitrogens is 2. The number of rotatable bonds is 2. The van der Waals surface area contributed by atoms with Crippen molar-refractivity contribution in [1.29, 1.82) is 0 Å². The Labute approximate surface area is 143 Å². The van der Waals surface area contributed by atoms with Crippen molar-refractivity contribution in [1.82, 2.24) is 14.9 Å². The minimum Gasteiger partial charge on any atom is -0.378 e. The van der Waals surface area contributed by atoms with Gasteiger partial charge in [-0.05, 0) is 38.5 Å². The van der Waals surface area contributed by atoms with Crippen molar-refractivity contribution in [2.24, 2.45) is 5.92 Å². The second-order valence-corrected chi connectivity index (χ2v) is 7.05. The monoisotopic (exact) mass is 330 g/mol. The van der Waals surface area contributed by atoms with Crippen LogP contribution in [0.2, 0.25) is 0 Å². The third-order valence-corrected chi connectivity index (χ3v) is 5.50. The number of ether oxygens (including phenoxy) is 1. The Morgan fingerprint density at radius 1 is 1.08 bits per heavy atom. The molecule has 6 nitrogen and oxygen atoms in total. The quantitative estimate of drug-likeness (QED) is 0.821. The van der Waals surface area contributed by atoms with E-state index >= 15 is 0 Å². The highest BCUT2D eigenvalue weighted by molar-refractivity contribution is 5.80. The zero-order valence-electron chi connectivity index (χ0n) is 14.2. The van der Waals surface area contributed by atoms with Gasteiger partial charge < -0.3 is 14.5 Å². The molecule has 130 valence electrons. The van der Waals surface area contributed by atoms with Crippen molar-refractivity contribution in [3.05, 3.63) is 17.6 Å². The van der Waals surface area contributed by atoms with E-state index in [1.807, 2.05) is 4.90 Å². The molecule has 2 aliphatic heterocycles. The molecule has 0 saturated carbocycles. The van der Waals surface area contributed by atoms with Gasteiger partial charge in [0.2, 0.25) is 5.91 Å². The topological polar surface area (TPSA) is 58.6 Å². The SMILES string of the molecule is O=C(C1CCCN(c2ncnc3c2CCCC3)C1)N1CCOCC1. The standard InChI is InChI=1S/C18H26N4O2/c23-18(21-8-10-24-11-9-21)14-4-3-7-22(12-14)17-15-5-1-2-6-16(15)19-13-20-17/h13-14H,1-12H2. The molecule has 2 fully saturated rings. The predicted octanol–water partition coefficient (Wildman–Crippen LogP) is 1.43. The molecular formula is C18H26N4O2. The average Bonchev–Trinajstić information content (AvgIpc) is 2.68. The lowest BCUT2D eigenvalue weighted by molar-refractivity contribution is -0.139. The van der Waals surface area contributed by atoms with Gasteiger partial charge in [0.25, 0.3) is 0 Å². The first-order valence-electron chi connectivity index (χ1n) is 9.27. The number of piperidine rings is 1. The highest BCUT2D eigenvalue weighted by atomic mass is 16.5. The molecule has 1 aromatic heterocycles. The van der Waals surface area contributed by atoms with Crippen LogP contribution in [0.3, 0.4) is 0 Å². The van der Waals surface area contributed by atoms with Crippen LogP contribution >= 0.6 is 0 Å². The summed E-state index contributed by atoms with van der Waals surface area (Å²) in [6.07, 6.45) is 8.32. The van der Waals surface area contributed by atoms with E-state index in [4.69, 9.17) is 4.74 Å². The van der Waals surface area contributed by atoms with Crippen LogP contribution in [-0.2, 0) is 22.4 Å². The van der Waals surface area contributed by atoms with E-state index in [0.29, 0.717) is 19.1 Å². The van der Waals surface area contributed by atoms with Crippen molar-refractivity contribution < 1.29 is 9.53 Å². The van der Waals surface area contributed by atoms with Gasteiger partial charge in [0.1, 0.15) is 12.1 Å². The second kappa shape index (κ2) is 7.05. The Hall–Kier alpha value is -1.69. The second-order valence-electron chi connectivity index (χ2n) is 7.05. The number of carbonyl (C=O) groups excluding carboxylic acids is 1. The molecule has 6 heteroatoms. The van der Waals surface area contributed by atoms with Gasteiger partial charge in [-0.2, -0.15) is 0 Å². The molecule has 1 atom stereocenters. The predicted molar refractivity (Wildman–Crippen MR) is 91.0 cm³/mol. The van der Waals surface area contributed by atoms with Crippen LogP contribution in [0, 0.1) is 5.92 Å². The van der Waals surface area contributed by atoms with Crippen LogP contribution < -0.4 is 4.90 Å². The maximum Gasteiger partial charge on any atom is 0.227 e. The fourth-order valence-corrected chi connectivity index (χ4v) is 4.19. The molecule has 1 unspecified atom stereocenters. The average molecular weight is 330 g/mol. The van der Waals surface area contributed by atoms with Crippen LogP contribution in [0.15, 0.2) is 6.33 Å². The van der Waals surface area contributed by atoms with E-state index in [1.165, 1.54) is 24.1 Å². The van der Waals surface area contributed by atoms with E-state index < -0.39 is 0 Å². The summed E-state index contributed by atoms with van der Waals surface area (Å²) in [7, 11) is 0. The summed E-state index contributed by atoms with van der Waals surface area (Å²) >= 11 is 0. The van der Waals surface area contributed by atoms with E-state index in [1.54, 1.807) is 6.33 Å². The number of aryl methyl sites for hydroxylation is 1. The van der Waals surface area contributed by atoms with Crippen LogP contribution in [0.25, 0.3) is 0 Å². The number of carbonyl (C=O) groups is 1.